The quantitative estimate of drug-likeness (QED) is 0.917. The van der Waals surface area contributed by atoms with Crippen LogP contribution in [0.4, 0.5) is 0 Å². The smallest absolute Gasteiger partial charge is 0.108 e. The van der Waals surface area contributed by atoms with Crippen molar-refractivity contribution >= 4 is 0 Å². The summed E-state index contributed by atoms with van der Waals surface area (Å²) in [6.07, 6.45) is 6.45. The van der Waals surface area contributed by atoms with Crippen LogP contribution in [0.3, 0.4) is 0 Å². The SMILES string of the molecule is C[C@@H]1CN(Cc2ccccc2)C[C@H]1NC[C@@H]1CCc2nccn2C1. The monoisotopic (exact) mass is 324 g/mol. The molecule has 0 bridgehead atoms. The maximum atomic E-state index is 4.43. The molecule has 4 rings (SSSR count). The van der Waals surface area contributed by atoms with E-state index in [1.54, 1.807) is 0 Å². The third kappa shape index (κ3) is 3.55. The Morgan fingerprint density at radius 2 is 2.04 bits per heavy atom. The maximum Gasteiger partial charge on any atom is 0.108 e. The van der Waals surface area contributed by atoms with Gasteiger partial charge in [-0.15, -0.1) is 0 Å². The zero-order chi connectivity index (χ0) is 16.4. The van der Waals surface area contributed by atoms with Gasteiger partial charge in [-0.1, -0.05) is 37.3 Å². The summed E-state index contributed by atoms with van der Waals surface area (Å²) in [7, 11) is 0. The van der Waals surface area contributed by atoms with Crippen LogP contribution in [0.1, 0.15) is 24.7 Å². The minimum atomic E-state index is 0.623. The number of aromatic nitrogens is 2. The molecule has 2 aliphatic heterocycles. The molecule has 0 radical (unpaired) electrons. The van der Waals surface area contributed by atoms with Gasteiger partial charge in [-0.05, 0) is 30.4 Å². The molecule has 1 saturated heterocycles. The van der Waals surface area contributed by atoms with Crippen LogP contribution in [-0.4, -0.2) is 40.1 Å². The fourth-order valence-corrected chi connectivity index (χ4v) is 4.23. The van der Waals surface area contributed by atoms with Crippen molar-refractivity contribution in [2.75, 3.05) is 19.6 Å². The average Bonchev–Trinajstić information content (AvgIpc) is 3.19. The van der Waals surface area contributed by atoms with Gasteiger partial charge in [-0.2, -0.15) is 0 Å². The van der Waals surface area contributed by atoms with Crippen LogP contribution in [-0.2, 0) is 19.5 Å². The number of benzene rings is 1. The topological polar surface area (TPSA) is 33.1 Å². The van der Waals surface area contributed by atoms with Crippen LogP contribution < -0.4 is 5.32 Å². The van der Waals surface area contributed by atoms with Crippen LogP contribution in [0.15, 0.2) is 42.7 Å². The zero-order valence-corrected chi connectivity index (χ0v) is 14.6. The number of hydrogen-bond donors (Lipinski definition) is 1. The molecular formula is C20H28N4. The number of imidazole rings is 1. The first-order valence-electron chi connectivity index (χ1n) is 9.27. The van der Waals surface area contributed by atoms with Crippen LogP contribution >= 0.6 is 0 Å². The number of hydrogen-bond acceptors (Lipinski definition) is 3. The molecule has 4 heteroatoms. The molecule has 24 heavy (non-hydrogen) atoms. The first kappa shape index (κ1) is 15.9. The van der Waals surface area contributed by atoms with Crippen molar-refractivity contribution in [3.63, 3.8) is 0 Å². The average molecular weight is 324 g/mol. The Bertz CT molecular complexity index is 651. The van der Waals surface area contributed by atoms with Gasteiger partial charge in [0.15, 0.2) is 0 Å². The Hall–Kier alpha value is -1.65. The van der Waals surface area contributed by atoms with E-state index in [4.69, 9.17) is 0 Å². The van der Waals surface area contributed by atoms with Gasteiger partial charge < -0.3 is 9.88 Å². The number of likely N-dealkylation sites (tertiary alicyclic amines) is 1. The van der Waals surface area contributed by atoms with E-state index < -0.39 is 0 Å². The summed E-state index contributed by atoms with van der Waals surface area (Å²) in [4.78, 5) is 7.02. The molecule has 4 nitrogen and oxygen atoms in total. The van der Waals surface area contributed by atoms with E-state index in [1.807, 2.05) is 6.20 Å². The molecule has 0 saturated carbocycles. The van der Waals surface area contributed by atoms with Crippen LogP contribution in [0, 0.1) is 11.8 Å². The van der Waals surface area contributed by atoms with E-state index >= 15 is 0 Å². The minimum absolute atomic E-state index is 0.623. The molecule has 3 atom stereocenters. The van der Waals surface area contributed by atoms with Crippen LogP contribution in [0.2, 0.25) is 0 Å². The van der Waals surface area contributed by atoms with E-state index in [0.29, 0.717) is 6.04 Å². The maximum absolute atomic E-state index is 4.43. The highest BCUT2D eigenvalue weighted by Gasteiger charge is 2.30. The summed E-state index contributed by atoms with van der Waals surface area (Å²) in [6, 6.07) is 11.5. The van der Waals surface area contributed by atoms with Gasteiger partial charge in [0.1, 0.15) is 5.82 Å². The number of aryl methyl sites for hydroxylation is 1. The van der Waals surface area contributed by atoms with Gasteiger partial charge in [0.2, 0.25) is 0 Å². The van der Waals surface area contributed by atoms with Gasteiger partial charge in [-0.25, -0.2) is 4.98 Å². The summed E-state index contributed by atoms with van der Waals surface area (Å²) in [5.41, 5.74) is 1.42. The fourth-order valence-electron chi connectivity index (χ4n) is 4.23. The molecule has 2 aliphatic rings. The van der Waals surface area contributed by atoms with E-state index in [0.717, 1.165) is 37.9 Å². The molecule has 1 fully saturated rings. The molecule has 0 amide bonds. The molecule has 1 aromatic carbocycles. The van der Waals surface area contributed by atoms with Crippen molar-refractivity contribution in [2.24, 2.45) is 11.8 Å². The van der Waals surface area contributed by atoms with E-state index in [9.17, 15) is 0 Å². The third-order valence-corrected chi connectivity index (χ3v) is 5.64. The minimum Gasteiger partial charge on any atom is -0.335 e. The Morgan fingerprint density at radius 3 is 2.92 bits per heavy atom. The van der Waals surface area contributed by atoms with Crippen molar-refractivity contribution < 1.29 is 0 Å². The molecule has 2 aromatic rings. The van der Waals surface area contributed by atoms with Crippen LogP contribution in [0.25, 0.3) is 0 Å². The highest BCUT2D eigenvalue weighted by molar-refractivity contribution is 5.14. The fraction of sp³-hybridized carbons (Fsp3) is 0.550. The van der Waals surface area contributed by atoms with Crippen molar-refractivity contribution in [1.82, 2.24) is 19.8 Å². The second-order valence-corrected chi connectivity index (χ2v) is 7.57. The van der Waals surface area contributed by atoms with Gasteiger partial charge in [0, 0.05) is 51.0 Å². The van der Waals surface area contributed by atoms with E-state index in [1.165, 1.54) is 30.9 Å². The summed E-state index contributed by atoms with van der Waals surface area (Å²) >= 11 is 0. The second kappa shape index (κ2) is 7.08. The zero-order valence-electron chi connectivity index (χ0n) is 14.6. The summed E-state index contributed by atoms with van der Waals surface area (Å²) in [6.45, 7) is 8.08. The third-order valence-electron chi connectivity index (χ3n) is 5.64. The first-order valence-corrected chi connectivity index (χ1v) is 9.27. The highest BCUT2D eigenvalue weighted by atomic mass is 15.2. The summed E-state index contributed by atoms with van der Waals surface area (Å²) in [5, 5.41) is 3.86. The lowest BCUT2D eigenvalue weighted by Gasteiger charge is -2.26. The molecule has 0 spiro atoms. The normalized spacial score (nSPS) is 27.3. The van der Waals surface area contributed by atoms with E-state index in [-0.39, 0.29) is 0 Å². The Morgan fingerprint density at radius 1 is 1.17 bits per heavy atom. The lowest BCUT2D eigenvalue weighted by molar-refractivity contribution is 0.304. The molecule has 0 aliphatic carbocycles. The molecular weight excluding hydrogens is 296 g/mol. The van der Waals surface area contributed by atoms with Crippen molar-refractivity contribution in [3.05, 3.63) is 54.1 Å². The van der Waals surface area contributed by atoms with Gasteiger partial charge in [-0.3, -0.25) is 4.90 Å². The molecule has 0 unspecified atom stereocenters. The Labute approximate surface area is 144 Å². The highest BCUT2D eigenvalue weighted by Crippen LogP contribution is 2.21. The number of rotatable bonds is 5. The predicted molar refractivity (Wildman–Crippen MR) is 96.7 cm³/mol. The van der Waals surface area contributed by atoms with Crippen molar-refractivity contribution in [1.29, 1.82) is 0 Å². The van der Waals surface area contributed by atoms with Gasteiger partial charge >= 0.3 is 0 Å². The molecule has 1 aromatic heterocycles. The second-order valence-electron chi connectivity index (χ2n) is 7.57. The Balaban J connectivity index is 1.27. The number of nitrogens with zero attached hydrogens (tertiary/aromatic N) is 3. The van der Waals surface area contributed by atoms with E-state index in [2.05, 4.69) is 63.2 Å². The summed E-state index contributed by atoms with van der Waals surface area (Å²) < 4.78 is 2.33. The molecule has 1 N–H and O–H groups in total. The molecule has 128 valence electrons. The van der Waals surface area contributed by atoms with Crippen molar-refractivity contribution in [2.45, 2.75) is 38.9 Å². The summed E-state index contributed by atoms with van der Waals surface area (Å²) in [5.74, 6) is 2.72. The first-order chi connectivity index (χ1) is 11.8. The largest absolute Gasteiger partial charge is 0.335 e. The number of nitrogens with one attached hydrogen (secondary N) is 1. The Kier molecular flexibility index (Phi) is 4.67. The van der Waals surface area contributed by atoms with Crippen molar-refractivity contribution in [3.8, 4) is 0 Å². The predicted octanol–water partition coefficient (Wildman–Crippen LogP) is 2.56. The molecule has 3 heterocycles. The standard InChI is InChI=1S/C20H28N4/c1-16-12-23(13-17-5-3-2-4-6-17)15-19(16)22-11-18-7-8-20-21-9-10-24(20)14-18/h2-6,9-10,16,18-19,22H,7-8,11-15H2,1H3/t16-,18+,19-/m1/s1. The lowest BCUT2D eigenvalue weighted by atomic mass is 9.98. The van der Waals surface area contributed by atoms with Crippen LogP contribution in [0.5, 0.6) is 0 Å². The van der Waals surface area contributed by atoms with Gasteiger partial charge in [0.25, 0.3) is 0 Å². The van der Waals surface area contributed by atoms with Gasteiger partial charge in [0.05, 0.1) is 0 Å². The number of fused-ring (bicyclic) bond motifs is 1. The lowest BCUT2D eigenvalue weighted by Crippen LogP contribution is -2.40.